The van der Waals surface area contributed by atoms with Crippen molar-refractivity contribution in [2.75, 3.05) is 6.26 Å². The van der Waals surface area contributed by atoms with Gasteiger partial charge in [0.25, 0.3) is 5.82 Å². The van der Waals surface area contributed by atoms with Crippen LogP contribution in [0.1, 0.15) is 18.8 Å². The average Bonchev–Trinajstić information content (AvgIpc) is 2.61. The minimum atomic E-state index is -3.50. The molecule has 0 fully saturated rings. The molecule has 0 saturated carbocycles. The second-order valence-electron chi connectivity index (χ2n) is 4.66. The van der Waals surface area contributed by atoms with Crippen molar-refractivity contribution < 1.29 is 13.0 Å². The van der Waals surface area contributed by atoms with E-state index >= 15 is 0 Å². The molecule has 0 aliphatic rings. The Labute approximate surface area is 118 Å². The summed E-state index contributed by atoms with van der Waals surface area (Å²) in [6, 6.07) is 7.67. The van der Waals surface area contributed by atoms with Crippen molar-refractivity contribution in [3.63, 3.8) is 0 Å². The molecule has 1 heterocycles. The SMILES string of the molecule is CC([N-]N=NS(C)(=O)=O)c1n(C)c2ccccc2[n+]1C. The fraction of sp³-hybridized carbons (Fsp3) is 0.417. The maximum Gasteiger partial charge on any atom is 0.260 e. The van der Waals surface area contributed by atoms with Crippen LogP contribution < -0.4 is 4.57 Å². The monoisotopic (exact) mass is 295 g/mol. The second kappa shape index (κ2) is 5.20. The van der Waals surface area contributed by atoms with Gasteiger partial charge < -0.3 is 5.43 Å². The summed E-state index contributed by atoms with van der Waals surface area (Å²) in [6.45, 7) is 1.84. The summed E-state index contributed by atoms with van der Waals surface area (Å²) >= 11 is 0. The molecule has 0 aliphatic carbocycles. The number of sulfonamides is 1. The fourth-order valence-electron chi connectivity index (χ4n) is 2.28. The number of hydrogen-bond acceptors (Lipinski definition) is 3. The van der Waals surface area contributed by atoms with Crippen LogP contribution in [0.5, 0.6) is 0 Å². The Morgan fingerprint density at radius 2 is 2.00 bits per heavy atom. The molecule has 8 heteroatoms. The van der Waals surface area contributed by atoms with Gasteiger partial charge in [-0.15, -0.1) is 0 Å². The van der Waals surface area contributed by atoms with Crippen molar-refractivity contribution in [1.29, 1.82) is 0 Å². The van der Waals surface area contributed by atoms with Gasteiger partial charge in [0, 0.05) is 6.26 Å². The zero-order valence-corrected chi connectivity index (χ0v) is 12.7. The number of aromatic nitrogens is 2. The lowest BCUT2D eigenvalue weighted by Gasteiger charge is -2.13. The number of para-hydroxylation sites is 2. The Bertz CT molecular complexity index is 724. The minimum Gasteiger partial charge on any atom is -0.366 e. The number of fused-ring (bicyclic) bond motifs is 1. The van der Waals surface area contributed by atoms with E-state index < -0.39 is 10.0 Å². The van der Waals surface area contributed by atoms with Crippen molar-refractivity contribution in [3.05, 3.63) is 35.5 Å². The molecular weight excluding hydrogens is 278 g/mol. The first-order chi connectivity index (χ1) is 9.31. The predicted molar refractivity (Wildman–Crippen MR) is 75.6 cm³/mol. The number of aryl methyl sites for hydroxylation is 2. The standard InChI is InChI=1S/C12H17N5O2S/c1-9(13-14-15-20(4,18)19)12-16(2)10-7-5-6-8-11(10)17(12)3/h5-9H,1-4H3. The van der Waals surface area contributed by atoms with Crippen molar-refractivity contribution >= 4 is 21.1 Å². The van der Waals surface area contributed by atoms with Crippen LogP contribution in [0.2, 0.25) is 0 Å². The fourth-order valence-corrected chi connectivity index (χ4v) is 2.46. The molecule has 0 radical (unpaired) electrons. The van der Waals surface area contributed by atoms with Crippen molar-refractivity contribution in [2.45, 2.75) is 13.0 Å². The lowest BCUT2D eigenvalue weighted by atomic mass is 10.3. The van der Waals surface area contributed by atoms with E-state index in [1.165, 1.54) is 0 Å². The lowest BCUT2D eigenvalue weighted by molar-refractivity contribution is -0.654. The van der Waals surface area contributed by atoms with Crippen LogP contribution in [-0.2, 0) is 24.1 Å². The molecule has 2 aromatic rings. The van der Waals surface area contributed by atoms with Crippen molar-refractivity contribution in [3.8, 4) is 0 Å². The highest BCUT2D eigenvalue weighted by molar-refractivity contribution is 7.89. The maximum absolute atomic E-state index is 10.9. The summed E-state index contributed by atoms with van der Waals surface area (Å²) in [6.07, 6.45) is 0.980. The highest BCUT2D eigenvalue weighted by atomic mass is 32.2. The number of rotatable bonds is 4. The Kier molecular flexibility index (Phi) is 3.76. The first kappa shape index (κ1) is 14.4. The molecule has 0 spiro atoms. The van der Waals surface area contributed by atoms with Crippen LogP contribution in [-0.4, -0.2) is 19.2 Å². The van der Waals surface area contributed by atoms with Crippen LogP contribution in [0.15, 0.2) is 34.0 Å². The predicted octanol–water partition coefficient (Wildman–Crippen LogP) is 1.76. The number of benzene rings is 1. The molecule has 0 bridgehead atoms. The Morgan fingerprint density at radius 1 is 1.35 bits per heavy atom. The minimum absolute atomic E-state index is 0.303. The van der Waals surface area contributed by atoms with Gasteiger partial charge in [-0.25, -0.2) is 17.6 Å². The molecule has 7 nitrogen and oxygen atoms in total. The van der Waals surface area contributed by atoms with Crippen LogP contribution in [0, 0.1) is 0 Å². The molecule has 2 rings (SSSR count). The molecule has 108 valence electrons. The lowest BCUT2D eigenvalue weighted by Crippen LogP contribution is -2.33. The largest absolute Gasteiger partial charge is 0.366 e. The van der Waals surface area contributed by atoms with E-state index in [9.17, 15) is 8.42 Å². The van der Waals surface area contributed by atoms with E-state index in [0.29, 0.717) is 0 Å². The third-order valence-electron chi connectivity index (χ3n) is 3.08. The van der Waals surface area contributed by atoms with Gasteiger partial charge in [0.2, 0.25) is 0 Å². The van der Waals surface area contributed by atoms with Crippen molar-refractivity contribution in [1.82, 2.24) is 4.57 Å². The third-order valence-corrected chi connectivity index (χ3v) is 3.44. The maximum atomic E-state index is 10.9. The number of nitrogens with zero attached hydrogens (tertiary/aromatic N) is 5. The number of hydrogen-bond donors (Lipinski definition) is 0. The molecule has 1 aromatic carbocycles. The highest BCUT2D eigenvalue weighted by Gasteiger charge is 2.22. The molecule has 20 heavy (non-hydrogen) atoms. The van der Waals surface area contributed by atoms with Gasteiger partial charge in [-0.2, -0.15) is 0 Å². The van der Waals surface area contributed by atoms with E-state index in [-0.39, 0.29) is 6.04 Å². The zero-order valence-electron chi connectivity index (χ0n) is 11.8. The van der Waals surface area contributed by atoms with Gasteiger partial charge in [0.05, 0.1) is 20.1 Å². The first-order valence-corrected chi connectivity index (χ1v) is 7.91. The first-order valence-electron chi connectivity index (χ1n) is 6.06. The molecule has 0 saturated heterocycles. The highest BCUT2D eigenvalue weighted by Crippen LogP contribution is 2.23. The Morgan fingerprint density at radius 3 is 2.60 bits per heavy atom. The van der Waals surface area contributed by atoms with Gasteiger partial charge in [-0.05, 0) is 12.1 Å². The van der Waals surface area contributed by atoms with Crippen LogP contribution in [0.25, 0.3) is 16.5 Å². The van der Waals surface area contributed by atoms with E-state index in [4.69, 9.17) is 0 Å². The van der Waals surface area contributed by atoms with Gasteiger partial charge in [-0.3, -0.25) is 9.74 Å². The normalized spacial score (nSPS) is 14.0. The average molecular weight is 295 g/mol. The van der Waals surface area contributed by atoms with Gasteiger partial charge >= 0.3 is 0 Å². The van der Waals surface area contributed by atoms with Crippen molar-refractivity contribution in [2.24, 2.45) is 23.8 Å². The van der Waals surface area contributed by atoms with Crippen LogP contribution >= 0.6 is 0 Å². The summed E-state index contributed by atoms with van der Waals surface area (Å²) in [5.74, 6) is 0.915. The molecular formula is C12H17N5O2S. The Hall–Kier alpha value is -1.96. The summed E-state index contributed by atoms with van der Waals surface area (Å²) in [4.78, 5) is 0. The summed E-state index contributed by atoms with van der Waals surface area (Å²) in [5.41, 5.74) is 6.09. The molecule has 1 atom stereocenters. The molecule has 0 N–H and O–H groups in total. The quantitative estimate of drug-likeness (QED) is 0.489. The number of imidazole rings is 1. The summed E-state index contributed by atoms with van der Waals surface area (Å²) < 4.78 is 29.0. The van der Waals surface area contributed by atoms with E-state index in [1.807, 2.05) is 54.4 Å². The molecule has 1 unspecified atom stereocenters. The van der Waals surface area contributed by atoms with Crippen LogP contribution in [0.3, 0.4) is 0 Å². The Balaban J connectivity index is 2.35. The van der Waals surface area contributed by atoms with Gasteiger partial charge in [0.1, 0.15) is 0 Å². The zero-order chi connectivity index (χ0) is 14.9. The van der Waals surface area contributed by atoms with Gasteiger partial charge in [-0.1, -0.05) is 19.1 Å². The molecule has 0 aliphatic heterocycles. The summed E-state index contributed by atoms with van der Waals surface area (Å²) in [5, 5.41) is 3.41. The van der Waals surface area contributed by atoms with E-state index in [2.05, 4.69) is 15.2 Å². The van der Waals surface area contributed by atoms with Gasteiger partial charge in [0.15, 0.2) is 21.1 Å². The topological polar surface area (TPSA) is 81.8 Å². The third kappa shape index (κ3) is 2.79. The van der Waals surface area contributed by atoms with E-state index in [1.54, 1.807) is 0 Å². The summed E-state index contributed by atoms with van der Waals surface area (Å²) in [7, 11) is 0.388. The second-order valence-corrected chi connectivity index (χ2v) is 6.29. The smallest absolute Gasteiger partial charge is 0.260 e. The van der Waals surface area contributed by atoms with E-state index in [0.717, 1.165) is 23.1 Å². The van der Waals surface area contributed by atoms with Crippen LogP contribution in [0.4, 0.5) is 0 Å². The molecule has 1 aromatic heterocycles. The molecule has 0 amide bonds.